The largest absolute Gasteiger partial charge is 0.366 e. The van der Waals surface area contributed by atoms with E-state index in [1.807, 2.05) is 54.6 Å². The summed E-state index contributed by atoms with van der Waals surface area (Å²) < 4.78 is 1.97. The van der Waals surface area contributed by atoms with Crippen molar-refractivity contribution in [3.05, 3.63) is 59.2 Å². The van der Waals surface area contributed by atoms with Gasteiger partial charge in [0.05, 0.1) is 17.4 Å². The van der Waals surface area contributed by atoms with Crippen LogP contribution in [0.1, 0.15) is 65.6 Å². The van der Waals surface area contributed by atoms with Gasteiger partial charge in [-0.25, -0.2) is 9.97 Å². The van der Waals surface area contributed by atoms with Crippen molar-refractivity contribution < 1.29 is 9.59 Å². The highest BCUT2D eigenvalue weighted by Crippen LogP contribution is 2.37. The lowest BCUT2D eigenvalue weighted by Crippen LogP contribution is -2.39. The maximum absolute atomic E-state index is 13.5. The number of aryl methyl sites for hydroxylation is 3. The molecule has 0 spiro atoms. The fourth-order valence-corrected chi connectivity index (χ4v) is 4.86. The van der Waals surface area contributed by atoms with Gasteiger partial charge in [-0.15, -0.1) is 0 Å². The number of piperidine rings is 1. The van der Waals surface area contributed by atoms with Gasteiger partial charge in [0, 0.05) is 56.6 Å². The molecule has 4 rings (SSSR count). The Hall–Kier alpha value is -3.75. The normalized spacial score (nSPS) is 15.7. The van der Waals surface area contributed by atoms with Crippen molar-refractivity contribution >= 4 is 17.8 Å². The van der Waals surface area contributed by atoms with Gasteiger partial charge in [0.25, 0.3) is 0 Å². The monoisotopic (exact) mass is 489 g/mol. The summed E-state index contributed by atoms with van der Waals surface area (Å²) in [4.78, 5) is 38.5. The molecule has 9 nitrogen and oxygen atoms in total. The first-order chi connectivity index (χ1) is 17.2. The van der Waals surface area contributed by atoms with Crippen LogP contribution in [0.5, 0.6) is 0 Å². The average molecular weight is 490 g/mol. The van der Waals surface area contributed by atoms with Crippen LogP contribution in [0.2, 0.25) is 0 Å². The molecule has 1 aliphatic rings. The van der Waals surface area contributed by atoms with Crippen molar-refractivity contribution in [1.82, 2.24) is 24.6 Å². The number of nitrogens with zero attached hydrogens (tertiary/aromatic N) is 6. The second-order valence-electron chi connectivity index (χ2n) is 9.66. The summed E-state index contributed by atoms with van der Waals surface area (Å²) in [6, 6.07) is 9.08. The Labute approximate surface area is 212 Å². The molecule has 190 valence electrons. The minimum atomic E-state index is -0.485. The van der Waals surface area contributed by atoms with E-state index in [1.54, 1.807) is 18.3 Å². The highest BCUT2D eigenvalue weighted by Gasteiger charge is 2.31. The van der Waals surface area contributed by atoms with Crippen LogP contribution in [-0.4, -0.2) is 57.1 Å². The van der Waals surface area contributed by atoms with Crippen molar-refractivity contribution in [2.24, 2.45) is 5.73 Å². The third-order valence-electron chi connectivity index (χ3n) is 6.67. The third kappa shape index (κ3) is 5.56. The number of hydrogen-bond donors (Lipinski definition) is 1. The number of benzene rings is 1. The molecular formula is C27H35N7O2. The minimum absolute atomic E-state index is 0.128. The summed E-state index contributed by atoms with van der Waals surface area (Å²) >= 11 is 0. The van der Waals surface area contributed by atoms with Gasteiger partial charge in [-0.3, -0.25) is 14.3 Å². The molecule has 9 heteroatoms. The molecule has 2 aromatic heterocycles. The van der Waals surface area contributed by atoms with E-state index in [-0.39, 0.29) is 11.9 Å². The van der Waals surface area contributed by atoms with Crippen LogP contribution in [0.15, 0.2) is 36.5 Å². The summed E-state index contributed by atoms with van der Waals surface area (Å²) in [6.07, 6.45) is 5.78. The molecule has 1 saturated heterocycles. The van der Waals surface area contributed by atoms with Crippen molar-refractivity contribution in [2.75, 3.05) is 25.5 Å². The number of carbonyl (C=O) groups is 2. The fourth-order valence-electron chi connectivity index (χ4n) is 4.86. The summed E-state index contributed by atoms with van der Waals surface area (Å²) in [5.74, 6) is 0.228. The molecule has 1 fully saturated rings. The molecule has 1 aliphatic heterocycles. The molecule has 0 aliphatic carbocycles. The van der Waals surface area contributed by atoms with E-state index in [4.69, 9.17) is 10.7 Å². The second kappa shape index (κ2) is 10.9. The molecule has 2 amide bonds. The van der Waals surface area contributed by atoms with Gasteiger partial charge in [-0.2, -0.15) is 5.10 Å². The van der Waals surface area contributed by atoms with Crippen molar-refractivity contribution in [3.8, 4) is 11.1 Å². The number of nitrogens with two attached hydrogens (primary N) is 1. The number of primary amides is 1. The minimum Gasteiger partial charge on any atom is -0.366 e. The predicted octanol–water partition coefficient (Wildman–Crippen LogP) is 3.66. The lowest BCUT2D eigenvalue weighted by molar-refractivity contribution is -0.135. The number of likely N-dealkylation sites (tertiary alicyclic amines) is 1. The van der Waals surface area contributed by atoms with Crippen LogP contribution in [0, 0.1) is 13.8 Å². The number of hydrogen-bond acceptors (Lipinski definition) is 6. The van der Waals surface area contributed by atoms with Crippen molar-refractivity contribution in [2.45, 2.75) is 58.5 Å². The Bertz CT molecular complexity index is 1250. The van der Waals surface area contributed by atoms with Gasteiger partial charge in [-0.05, 0) is 63.3 Å². The van der Waals surface area contributed by atoms with E-state index in [0.717, 1.165) is 53.9 Å². The topological polar surface area (TPSA) is 110 Å². The van der Waals surface area contributed by atoms with Gasteiger partial charge >= 0.3 is 0 Å². The molecule has 1 aromatic carbocycles. The van der Waals surface area contributed by atoms with E-state index < -0.39 is 5.91 Å². The van der Waals surface area contributed by atoms with Gasteiger partial charge in [-0.1, -0.05) is 12.1 Å². The average Bonchev–Trinajstić information content (AvgIpc) is 3.20. The fraction of sp³-hybridized carbons (Fsp3) is 0.444. The Morgan fingerprint density at radius 3 is 2.67 bits per heavy atom. The molecular weight excluding hydrogens is 454 g/mol. The third-order valence-corrected chi connectivity index (χ3v) is 6.67. The van der Waals surface area contributed by atoms with Crippen LogP contribution in [0.25, 0.3) is 11.1 Å². The van der Waals surface area contributed by atoms with Crippen LogP contribution >= 0.6 is 0 Å². The summed E-state index contributed by atoms with van der Waals surface area (Å²) in [6.45, 7) is 5.43. The Morgan fingerprint density at radius 1 is 1.17 bits per heavy atom. The summed E-state index contributed by atoms with van der Waals surface area (Å²) in [7, 11) is 3.80. The van der Waals surface area contributed by atoms with E-state index in [0.29, 0.717) is 31.0 Å². The van der Waals surface area contributed by atoms with Crippen LogP contribution in [-0.2, 0) is 11.3 Å². The van der Waals surface area contributed by atoms with E-state index in [9.17, 15) is 9.59 Å². The highest BCUT2D eigenvalue weighted by atomic mass is 16.2. The van der Waals surface area contributed by atoms with Crippen LogP contribution < -0.4 is 10.6 Å². The van der Waals surface area contributed by atoms with Gasteiger partial charge in [0.1, 0.15) is 0 Å². The Morgan fingerprint density at radius 2 is 1.97 bits per heavy atom. The number of amides is 2. The molecule has 3 aromatic rings. The molecule has 0 radical (unpaired) electrons. The second-order valence-corrected chi connectivity index (χ2v) is 9.66. The zero-order valence-corrected chi connectivity index (χ0v) is 21.6. The molecule has 3 heterocycles. The molecule has 36 heavy (non-hydrogen) atoms. The maximum Gasteiger partial charge on any atom is 0.248 e. The van der Waals surface area contributed by atoms with E-state index in [2.05, 4.69) is 16.1 Å². The molecule has 1 atom stereocenters. The summed E-state index contributed by atoms with van der Waals surface area (Å²) in [5.41, 5.74) is 10.5. The van der Waals surface area contributed by atoms with Gasteiger partial charge < -0.3 is 15.5 Å². The zero-order valence-electron chi connectivity index (χ0n) is 21.6. The maximum atomic E-state index is 13.5. The smallest absolute Gasteiger partial charge is 0.248 e. The molecule has 0 bridgehead atoms. The zero-order chi connectivity index (χ0) is 25.8. The van der Waals surface area contributed by atoms with E-state index in [1.165, 1.54) is 0 Å². The first kappa shape index (κ1) is 25.3. The van der Waals surface area contributed by atoms with Crippen LogP contribution in [0.3, 0.4) is 0 Å². The standard InChI is InChI=1S/C27H35N7O2/c1-18-15-19(2)34(31-18)14-8-12-24(35)33-13-6-5-11-23(33)25-22(17-29-27(30-25)32(3)4)20-9-7-10-21(16-20)26(28)36/h7,9-10,15-17,23H,5-6,8,11-14H2,1-4H3,(H2,28,36)/t23-/m1/s1. The van der Waals surface area contributed by atoms with Gasteiger partial charge in [0.15, 0.2) is 0 Å². The van der Waals surface area contributed by atoms with Crippen molar-refractivity contribution in [3.63, 3.8) is 0 Å². The van der Waals surface area contributed by atoms with E-state index >= 15 is 0 Å². The number of aromatic nitrogens is 4. The first-order valence-corrected chi connectivity index (χ1v) is 12.5. The van der Waals surface area contributed by atoms with Crippen LogP contribution in [0.4, 0.5) is 5.95 Å². The number of rotatable bonds is 8. The SMILES string of the molecule is Cc1cc(C)n(CCCC(=O)N2CCCC[C@@H]2c2nc(N(C)C)ncc2-c2cccc(C(N)=O)c2)n1. The first-order valence-electron chi connectivity index (χ1n) is 12.5. The molecule has 2 N–H and O–H groups in total. The Kier molecular flexibility index (Phi) is 7.67. The summed E-state index contributed by atoms with van der Waals surface area (Å²) in [5, 5.41) is 4.51. The lowest BCUT2D eigenvalue weighted by Gasteiger charge is -2.36. The molecule has 0 saturated carbocycles. The molecule has 0 unspecified atom stereocenters. The highest BCUT2D eigenvalue weighted by molar-refractivity contribution is 5.94. The Balaban J connectivity index is 1.62. The predicted molar refractivity (Wildman–Crippen MR) is 140 cm³/mol. The van der Waals surface area contributed by atoms with Crippen molar-refractivity contribution in [1.29, 1.82) is 0 Å². The number of carbonyl (C=O) groups excluding carboxylic acids is 2. The quantitative estimate of drug-likeness (QED) is 0.517. The number of anilines is 1. The van der Waals surface area contributed by atoms with Gasteiger partial charge in [0.2, 0.25) is 17.8 Å². The lowest BCUT2D eigenvalue weighted by atomic mass is 9.93.